The third-order valence-corrected chi connectivity index (χ3v) is 3.68. The molecule has 19 heavy (non-hydrogen) atoms. The van der Waals surface area contributed by atoms with Gasteiger partial charge in [-0.15, -0.1) is 0 Å². The first-order valence-electron chi connectivity index (χ1n) is 6.66. The van der Waals surface area contributed by atoms with Crippen LogP contribution in [0.15, 0.2) is 35.1 Å². The lowest BCUT2D eigenvalue weighted by Crippen LogP contribution is -2.35. The van der Waals surface area contributed by atoms with Gasteiger partial charge in [-0.05, 0) is 30.4 Å². The summed E-state index contributed by atoms with van der Waals surface area (Å²) in [6, 6.07) is 9.34. The van der Waals surface area contributed by atoms with Gasteiger partial charge in [-0.1, -0.05) is 32.0 Å². The molecule has 0 aliphatic heterocycles. The summed E-state index contributed by atoms with van der Waals surface area (Å²) >= 11 is 0. The van der Waals surface area contributed by atoms with Gasteiger partial charge in [-0.2, -0.15) is 0 Å². The molecule has 0 unspecified atom stereocenters. The molecule has 1 aromatic heterocycles. The van der Waals surface area contributed by atoms with Crippen LogP contribution in [0.2, 0.25) is 0 Å². The van der Waals surface area contributed by atoms with Crippen molar-refractivity contribution in [2.45, 2.75) is 32.3 Å². The summed E-state index contributed by atoms with van der Waals surface area (Å²) in [4.78, 5) is 14.7. The topological polar surface area (TPSA) is 65.1 Å². The van der Waals surface area contributed by atoms with E-state index in [-0.39, 0.29) is 5.56 Å². The largest absolute Gasteiger partial charge is 0.388 e. The number of aromatic amines is 1. The predicted octanol–water partition coefficient (Wildman–Crippen LogP) is 2.49. The number of anilines is 1. The Balaban J connectivity index is 2.25. The Kier molecular flexibility index (Phi) is 3.90. The zero-order valence-electron chi connectivity index (χ0n) is 11.4. The van der Waals surface area contributed by atoms with Gasteiger partial charge in [0.05, 0.1) is 5.60 Å². The van der Waals surface area contributed by atoms with Gasteiger partial charge in [0.1, 0.15) is 5.82 Å². The number of aliphatic hydroxyl groups is 1. The smallest absolute Gasteiger partial charge is 0.257 e. The number of rotatable bonds is 5. The van der Waals surface area contributed by atoms with Crippen LogP contribution in [-0.2, 0) is 0 Å². The van der Waals surface area contributed by atoms with Crippen LogP contribution in [0.25, 0.3) is 10.8 Å². The van der Waals surface area contributed by atoms with E-state index in [1.807, 2.05) is 38.1 Å². The zero-order valence-corrected chi connectivity index (χ0v) is 11.4. The molecule has 0 saturated heterocycles. The molecule has 3 N–H and O–H groups in total. The van der Waals surface area contributed by atoms with Gasteiger partial charge in [0.15, 0.2) is 0 Å². The molecule has 102 valence electrons. The zero-order chi connectivity index (χ0) is 13.9. The SMILES string of the molecule is CCC(O)(CC)CNc1cc2ccccc2c(=O)[nH]1. The molecule has 0 radical (unpaired) electrons. The number of nitrogens with one attached hydrogen (secondary N) is 2. The van der Waals surface area contributed by atoms with Crippen molar-refractivity contribution in [2.75, 3.05) is 11.9 Å². The van der Waals surface area contributed by atoms with Crippen molar-refractivity contribution < 1.29 is 5.11 Å². The molecule has 4 heteroatoms. The second-order valence-corrected chi connectivity index (χ2v) is 4.88. The van der Waals surface area contributed by atoms with Gasteiger partial charge in [-0.25, -0.2) is 0 Å². The van der Waals surface area contributed by atoms with E-state index in [0.29, 0.717) is 30.6 Å². The Labute approximate surface area is 112 Å². The van der Waals surface area contributed by atoms with E-state index < -0.39 is 5.60 Å². The average Bonchev–Trinajstić information content (AvgIpc) is 2.45. The van der Waals surface area contributed by atoms with Gasteiger partial charge >= 0.3 is 0 Å². The molecular formula is C15H20N2O2. The fourth-order valence-corrected chi connectivity index (χ4v) is 2.07. The van der Waals surface area contributed by atoms with Crippen LogP contribution in [0.3, 0.4) is 0 Å². The van der Waals surface area contributed by atoms with E-state index in [1.54, 1.807) is 6.07 Å². The summed E-state index contributed by atoms with van der Waals surface area (Å²) in [5, 5.41) is 14.9. The number of hydrogen-bond donors (Lipinski definition) is 3. The van der Waals surface area contributed by atoms with Crippen LogP contribution >= 0.6 is 0 Å². The van der Waals surface area contributed by atoms with Gasteiger partial charge in [0, 0.05) is 11.9 Å². The lowest BCUT2D eigenvalue weighted by molar-refractivity contribution is 0.0456. The summed E-state index contributed by atoms with van der Waals surface area (Å²) in [6.07, 6.45) is 1.35. The third kappa shape index (κ3) is 2.96. The van der Waals surface area contributed by atoms with E-state index in [9.17, 15) is 9.90 Å². The van der Waals surface area contributed by atoms with Gasteiger partial charge in [0.2, 0.25) is 0 Å². The molecule has 0 aliphatic rings. The number of pyridine rings is 1. The molecule has 1 heterocycles. The minimum atomic E-state index is -0.734. The Hall–Kier alpha value is -1.81. The highest BCUT2D eigenvalue weighted by Crippen LogP contribution is 2.17. The lowest BCUT2D eigenvalue weighted by Gasteiger charge is -2.25. The monoisotopic (exact) mass is 260 g/mol. The molecule has 0 fully saturated rings. The van der Waals surface area contributed by atoms with Gasteiger partial charge < -0.3 is 15.4 Å². The third-order valence-electron chi connectivity index (χ3n) is 3.68. The average molecular weight is 260 g/mol. The van der Waals surface area contributed by atoms with Crippen molar-refractivity contribution in [1.29, 1.82) is 0 Å². The van der Waals surface area contributed by atoms with E-state index in [2.05, 4.69) is 10.3 Å². The van der Waals surface area contributed by atoms with Crippen molar-refractivity contribution in [3.63, 3.8) is 0 Å². The second-order valence-electron chi connectivity index (χ2n) is 4.88. The molecule has 0 amide bonds. The summed E-state index contributed by atoms with van der Waals surface area (Å²) in [7, 11) is 0. The number of H-pyrrole nitrogens is 1. The number of fused-ring (bicyclic) bond motifs is 1. The Bertz CT molecular complexity index is 615. The molecule has 0 saturated carbocycles. The quantitative estimate of drug-likeness (QED) is 0.774. The maximum atomic E-state index is 11.9. The van der Waals surface area contributed by atoms with E-state index in [0.717, 1.165) is 5.39 Å². The second kappa shape index (κ2) is 5.45. The van der Waals surface area contributed by atoms with Crippen LogP contribution in [0.4, 0.5) is 5.82 Å². The first kappa shape index (κ1) is 13.6. The molecule has 0 aliphatic carbocycles. The van der Waals surface area contributed by atoms with Crippen LogP contribution in [0.5, 0.6) is 0 Å². The summed E-state index contributed by atoms with van der Waals surface area (Å²) in [5.41, 5.74) is -0.847. The number of aromatic nitrogens is 1. The maximum Gasteiger partial charge on any atom is 0.257 e. The van der Waals surface area contributed by atoms with Crippen molar-refractivity contribution in [3.8, 4) is 0 Å². The number of hydrogen-bond acceptors (Lipinski definition) is 3. The standard InChI is InChI=1S/C15H20N2O2/c1-3-15(19,4-2)10-16-13-9-11-7-5-6-8-12(11)14(18)17-13/h5-9,19H,3-4,10H2,1-2H3,(H2,16,17,18). The van der Waals surface area contributed by atoms with Crippen molar-refractivity contribution >= 4 is 16.6 Å². The Morgan fingerprint density at radius 3 is 2.63 bits per heavy atom. The van der Waals surface area contributed by atoms with Crippen LogP contribution in [0, 0.1) is 0 Å². The number of benzene rings is 1. The summed E-state index contributed by atoms with van der Waals surface area (Å²) < 4.78 is 0. The first-order chi connectivity index (χ1) is 9.08. The molecular weight excluding hydrogens is 240 g/mol. The maximum absolute atomic E-state index is 11.9. The summed E-state index contributed by atoms with van der Waals surface area (Å²) in [6.45, 7) is 4.33. The molecule has 0 atom stereocenters. The highest BCUT2D eigenvalue weighted by molar-refractivity contribution is 5.83. The highest BCUT2D eigenvalue weighted by atomic mass is 16.3. The normalized spacial score (nSPS) is 11.7. The van der Waals surface area contributed by atoms with Crippen molar-refractivity contribution in [1.82, 2.24) is 4.98 Å². The highest BCUT2D eigenvalue weighted by Gasteiger charge is 2.21. The van der Waals surface area contributed by atoms with Crippen molar-refractivity contribution in [3.05, 3.63) is 40.7 Å². The molecule has 2 rings (SSSR count). The fourth-order valence-electron chi connectivity index (χ4n) is 2.07. The summed E-state index contributed by atoms with van der Waals surface area (Å²) in [5.74, 6) is 0.643. The first-order valence-corrected chi connectivity index (χ1v) is 6.66. The minimum absolute atomic E-state index is 0.114. The van der Waals surface area contributed by atoms with Crippen LogP contribution in [0.1, 0.15) is 26.7 Å². The van der Waals surface area contributed by atoms with E-state index in [4.69, 9.17) is 0 Å². The Morgan fingerprint density at radius 2 is 1.95 bits per heavy atom. The Morgan fingerprint density at radius 1 is 1.26 bits per heavy atom. The van der Waals surface area contributed by atoms with E-state index in [1.165, 1.54) is 0 Å². The van der Waals surface area contributed by atoms with Crippen molar-refractivity contribution in [2.24, 2.45) is 0 Å². The lowest BCUT2D eigenvalue weighted by atomic mass is 9.98. The van der Waals surface area contributed by atoms with E-state index >= 15 is 0 Å². The molecule has 0 spiro atoms. The predicted molar refractivity (Wildman–Crippen MR) is 78.6 cm³/mol. The van der Waals surface area contributed by atoms with Crippen LogP contribution in [-0.4, -0.2) is 22.2 Å². The fraction of sp³-hybridized carbons (Fsp3) is 0.400. The minimum Gasteiger partial charge on any atom is -0.388 e. The molecule has 2 aromatic rings. The van der Waals surface area contributed by atoms with Crippen LogP contribution < -0.4 is 10.9 Å². The molecule has 1 aromatic carbocycles. The molecule has 0 bridgehead atoms. The molecule has 4 nitrogen and oxygen atoms in total. The van der Waals surface area contributed by atoms with Gasteiger partial charge in [-0.3, -0.25) is 4.79 Å². The van der Waals surface area contributed by atoms with Gasteiger partial charge in [0.25, 0.3) is 5.56 Å².